The van der Waals surface area contributed by atoms with Gasteiger partial charge in [0.15, 0.2) is 0 Å². The number of amides is 1. The Labute approximate surface area is 256 Å². The number of nitrogens with zero attached hydrogens (tertiary/aromatic N) is 6. The van der Waals surface area contributed by atoms with Gasteiger partial charge in [-0.25, -0.2) is 32.6 Å². The maximum absolute atomic E-state index is 15.3. The van der Waals surface area contributed by atoms with Crippen LogP contribution in [0.25, 0.3) is 22.2 Å². The number of aromatic nitrogens is 3. The third-order valence-corrected chi connectivity index (χ3v) is 7.75. The first-order chi connectivity index (χ1) is 20.8. The van der Waals surface area contributed by atoms with Crippen molar-refractivity contribution in [2.75, 3.05) is 75.5 Å². The zero-order chi connectivity index (χ0) is 31.6. The Hall–Kier alpha value is -3.82. The number of morpholine rings is 1. The van der Waals surface area contributed by atoms with Crippen LogP contribution in [0.15, 0.2) is 24.4 Å². The van der Waals surface area contributed by atoms with Crippen molar-refractivity contribution >= 4 is 38.7 Å². The second-order valence-electron chi connectivity index (χ2n) is 11.8. The molecule has 0 bridgehead atoms. The van der Waals surface area contributed by atoms with Gasteiger partial charge in [0.25, 0.3) is 0 Å². The molecule has 15 heteroatoms. The Kier molecular flexibility index (Phi) is 9.09. The van der Waals surface area contributed by atoms with Crippen molar-refractivity contribution in [3.63, 3.8) is 0 Å². The largest absolute Gasteiger partial charge is 0.480 e. The predicted octanol–water partition coefficient (Wildman–Crippen LogP) is 3.10. The number of piperazine rings is 1. The Morgan fingerprint density at radius 3 is 2.41 bits per heavy atom. The van der Waals surface area contributed by atoms with Crippen molar-refractivity contribution in [1.82, 2.24) is 24.8 Å². The number of pyridine rings is 1. The molecule has 2 saturated heterocycles. The average molecular weight is 632 g/mol. The SMILES string of the molecule is COc1ncc(-c2nc(N3CCOCC3)nc3c(CN4CCN(C(=O)OC(C)(C)C)CC4)cc(F)cc23)cc1NS(C)(=O)=O. The molecule has 0 saturated carbocycles. The zero-order valence-electron chi connectivity index (χ0n) is 25.6. The van der Waals surface area contributed by atoms with Gasteiger partial charge in [0, 0.05) is 63.0 Å². The Morgan fingerprint density at radius 1 is 1.07 bits per heavy atom. The molecule has 3 aromatic rings. The van der Waals surface area contributed by atoms with Crippen LogP contribution in [-0.4, -0.2) is 111 Å². The summed E-state index contributed by atoms with van der Waals surface area (Å²) in [6, 6.07) is 4.43. The number of hydrogen-bond acceptors (Lipinski definition) is 11. The quantitative estimate of drug-likeness (QED) is 0.412. The summed E-state index contributed by atoms with van der Waals surface area (Å²) in [4.78, 5) is 32.4. The maximum atomic E-state index is 15.3. The molecule has 13 nitrogen and oxygen atoms in total. The fourth-order valence-electron chi connectivity index (χ4n) is 5.17. The van der Waals surface area contributed by atoms with Gasteiger partial charge in [-0.15, -0.1) is 0 Å². The molecular weight excluding hydrogens is 593 g/mol. The molecule has 2 aromatic heterocycles. The van der Waals surface area contributed by atoms with Gasteiger partial charge in [0.05, 0.1) is 37.8 Å². The number of rotatable bonds is 7. The normalized spacial score (nSPS) is 16.7. The zero-order valence-corrected chi connectivity index (χ0v) is 26.4. The summed E-state index contributed by atoms with van der Waals surface area (Å²) in [6.07, 6.45) is 2.20. The third kappa shape index (κ3) is 7.63. The van der Waals surface area contributed by atoms with Crippen LogP contribution < -0.4 is 14.4 Å². The number of anilines is 2. The molecule has 0 unspecified atom stereocenters. The number of hydrogen-bond donors (Lipinski definition) is 1. The smallest absolute Gasteiger partial charge is 0.410 e. The van der Waals surface area contributed by atoms with E-state index in [9.17, 15) is 13.2 Å². The van der Waals surface area contributed by atoms with Crippen LogP contribution in [0.2, 0.25) is 0 Å². The highest BCUT2D eigenvalue weighted by Crippen LogP contribution is 2.35. The number of nitrogens with one attached hydrogen (secondary N) is 1. The highest BCUT2D eigenvalue weighted by atomic mass is 32.2. The second kappa shape index (κ2) is 12.7. The summed E-state index contributed by atoms with van der Waals surface area (Å²) in [5, 5.41) is 0.460. The minimum atomic E-state index is -3.65. The minimum absolute atomic E-state index is 0.0864. The standard InChI is InChI=1S/C29H38FN7O6S/c1-29(2,3)43-28(38)37-8-6-35(7-9-37)18-20-14-21(30)16-22-24(32-27(33-25(20)22)36-10-12-42-13-11-36)19-15-23(34-44(5,39)40)26(41-4)31-17-19/h14-17,34H,6-13,18H2,1-5H3. The van der Waals surface area contributed by atoms with E-state index in [0.29, 0.717) is 92.7 Å². The molecule has 0 spiro atoms. The van der Waals surface area contributed by atoms with Crippen LogP contribution in [0, 0.1) is 5.82 Å². The number of fused-ring (bicyclic) bond motifs is 1. The molecular formula is C29H38FN7O6S. The fraction of sp³-hybridized carbons (Fsp3) is 0.517. The van der Waals surface area contributed by atoms with Crippen molar-refractivity contribution in [3.05, 3.63) is 35.8 Å². The van der Waals surface area contributed by atoms with Gasteiger partial charge in [0.2, 0.25) is 21.9 Å². The first-order valence-corrected chi connectivity index (χ1v) is 16.2. The van der Waals surface area contributed by atoms with Crippen LogP contribution in [-0.2, 0) is 26.0 Å². The molecule has 0 atom stereocenters. The second-order valence-corrected chi connectivity index (χ2v) is 13.6. The Bertz CT molecular complexity index is 1640. The molecule has 2 fully saturated rings. The highest BCUT2D eigenvalue weighted by Gasteiger charge is 2.27. The van der Waals surface area contributed by atoms with Crippen molar-refractivity contribution in [1.29, 1.82) is 0 Å². The number of sulfonamides is 1. The lowest BCUT2D eigenvalue weighted by molar-refractivity contribution is 0.0139. The number of ether oxygens (including phenoxy) is 3. The number of benzene rings is 1. The van der Waals surface area contributed by atoms with Gasteiger partial charge in [-0.05, 0) is 44.5 Å². The molecule has 238 valence electrons. The van der Waals surface area contributed by atoms with Gasteiger partial charge in [0.1, 0.15) is 17.1 Å². The topological polar surface area (TPSA) is 139 Å². The monoisotopic (exact) mass is 631 g/mol. The first kappa shape index (κ1) is 31.6. The lowest BCUT2D eigenvalue weighted by Crippen LogP contribution is -2.49. The molecule has 2 aliphatic rings. The van der Waals surface area contributed by atoms with Crippen LogP contribution in [0.5, 0.6) is 5.88 Å². The van der Waals surface area contributed by atoms with E-state index in [2.05, 4.69) is 14.6 Å². The number of carbonyl (C=O) groups is 1. The van der Waals surface area contributed by atoms with Crippen molar-refractivity contribution < 1.29 is 31.8 Å². The van der Waals surface area contributed by atoms with Crippen molar-refractivity contribution in [2.24, 2.45) is 0 Å². The van der Waals surface area contributed by atoms with Gasteiger partial charge in [-0.3, -0.25) is 9.62 Å². The van der Waals surface area contributed by atoms with E-state index in [4.69, 9.17) is 24.2 Å². The van der Waals surface area contributed by atoms with Gasteiger partial charge < -0.3 is 24.0 Å². The molecule has 5 rings (SSSR count). The van der Waals surface area contributed by atoms with Crippen molar-refractivity contribution in [2.45, 2.75) is 32.9 Å². The number of halogens is 1. The summed E-state index contributed by atoms with van der Waals surface area (Å²) in [7, 11) is -2.26. The molecule has 0 radical (unpaired) electrons. The van der Waals surface area contributed by atoms with Crippen LogP contribution in [0.1, 0.15) is 26.3 Å². The highest BCUT2D eigenvalue weighted by molar-refractivity contribution is 7.92. The van der Waals surface area contributed by atoms with E-state index >= 15 is 4.39 Å². The summed E-state index contributed by atoms with van der Waals surface area (Å²) >= 11 is 0. The maximum Gasteiger partial charge on any atom is 0.410 e. The molecule has 4 heterocycles. The van der Waals surface area contributed by atoms with Gasteiger partial charge in [-0.2, -0.15) is 0 Å². The summed E-state index contributed by atoms with van der Waals surface area (Å²) < 4.78 is 58.1. The molecule has 1 N–H and O–H groups in total. The molecule has 1 amide bonds. The van der Waals surface area contributed by atoms with Crippen LogP contribution in [0.3, 0.4) is 0 Å². The lowest BCUT2D eigenvalue weighted by atomic mass is 10.0. The third-order valence-electron chi connectivity index (χ3n) is 7.16. The van der Waals surface area contributed by atoms with E-state index < -0.39 is 21.4 Å². The van der Waals surface area contributed by atoms with E-state index in [1.807, 2.05) is 25.7 Å². The number of methoxy groups -OCH3 is 1. The Balaban J connectivity index is 1.53. The van der Waals surface area contributed by atoms with Gasteiger partial charge >= 0.3 is 6.09 Å². The predicted molar refractivity (Wildman–Crippen MR) is 164 cm³/mol. The first-order valence-electron chi connectivity index (χ1n) is 14.3. The summed E-state index contributed by atoms with van der Waals surface area (Å²) in [5.74, 6) is 0.0787. The number of carbonyl (C=O) groups excluding carboxylic acids is 1. The molecule has 1 aromatic carbocycles. The van der Waals surface area contributed by atoms with E-state index in [1.54, 1.807) is 11.0 Å². The lowest BCUT2D eigenvalue weighted by Gasteiger charge is -2.35. The Morgan fingerprint density at radius 2 is 1.77 bits per heavy atom. The minimum Gasteiger partial charge on any atom is -0.480 e. The van der Waals surface area contributed by atoms with E-state index in [0.717, 1.165) is 6.26 Å². The summed E-state index contributed by atoms with van der Waals surface area (Å²) in [6.45, 7) is 10.2. The van der Waals surface area contributed by atoms with Crippen molar-refractivity contribution in [3.8, 4) is 17.1 Å². The molecule has 0 aliphatic carbocycles. The summed E-state index contributed by atoms with van der Waals surface area (Å²) in [5.41, 5.74) is 1.65. The average Bonchev–Trinajstić information content (AvgIpc) is 2.96. The molecule has 2 aliphatic heterocycles. The van der Waals surface area contributed by atoms with Crippen LogP contribution >= 0.6 is 0 Å². The van der Waals surface area contributed by atoms with E-state index in [-0.39, 0.29) is 17.7 Å². The van der Waals surface area contributed by atoms with Gasteiger partial charge in [-0.1, -0.05) is 0 Å². The fourth-order valence-corrected chi connectivity index (χ4v) is 5.72. The molecule has 44 heavy (non-hydrogen) atoms. The van der Waals surface area contributed by atoms with Crippen LogP contribution in [0.4, 0.5) is 20.8 Å². The van der Waals surface area contributed by atoms with E-state index in [1.165, 1.54) is 25.4 Å².